The van der Waals surface area contributed by atoms with E-state index in [-0.39, 0.29) is 17.8 Å². The van der Waals surface area contributed by atoms with Crippen molar-refractivity contribution >= 4 is 17.7 Å². The van der Waals surface area contributed by atoms with Gasteiger partial charge in [0.05, 0.1) is 6.61 Å². The van der Waals surface area contributed by atoms with Gasteiger partial charge in [0.15, 0.2) is 0 Å². The van der Waals surface area contributed by atoms with Crippen LogP contribution in [0.2, 0.25) is 0 Å². The summed E-state index contributed by atoms with van der Waals surface area (Å²) in [7, 11) is 0. The molecule has 2 atom stereocenters. The number of aliphatic carboxylic acids is 1. The monoisotopic (exact) mass is 261 g/mol. The van der Waals surface area contributed by atoms with Crippen LogP contribution >= 0.6 is 11.8 Å². The van der Waals surface area contributed by atoms with Crippen molar-refractivity contribution in [1.29, 1.82) is 0 Å². The number of carboxylic acids is 1. The summed E-state index contributed by atoms with van der Waals surface area (Å²) in [6.45, 7) is 4.79. The Kier molecular flexibility index (Phi) is 5.76. The van der Waals surface area contributed by atoms with Crippen LogP contribution < -0.4 is 5.32 Å². The highest BCUT2D eigenvalue weighted by Crippen LogP contribution is 2.42. The predicted molar refractivity (Wildman–Crippen MR) is 70.4 cm³/mol. The van der Waals surface area contributed by atoms with E-state index in [0.29, 0.717) is 5.75 Å². The maximum atomic E-state index is 11.6. The highest BCUT2D eigenvalue weighted by molar-refractivity contribution is 8.00. The molecule has 0 aromatic rings. The van der Waals surface area contributed by atoms with Gasteiger partial charge in [-0.15, -0.1) is 0 Å². The first-order valence-electron chi connectivity index (χ1n) is 6.27. The van der Waals surface area contributed by atoms with Gasteiger partial charge < -0.3 is 15.5 Å². The van der Waals surface area contributed by atoms with Crippen molar-refractivity contribution in [2.45, 2.75) is 43.9 Å². The largest absolute Gasteiger partial charge is 0.480 e. The van der Waals surface area contributed by atoms with E-state index in [1.165, 1.54) is 11.8 Å². The van der Waals surface area contributed by atoms with Gasteiger partial charge in [-0.25, -0.2) is 0 Å². The molecule has 0 aromatic heterocycles. The maximum Gasteiger partial charge on any atom is 0.325 e. The van der Waals surface area contributed by atoms with Gasteiger partial charge >= 0.3 is 5.97 Å². The van der Waals surface area contributed by atoms with Gasteiger partial charge in [0.25, 0.3) is 0 Å². The lowest BCUT2D eigenvalue weighted by molar-refractivity contribution is -0.144. The maximum absolute atomic E-state index is 11.6. The Bertz CT molecular complexity index is 258. The molecule has 0 spiro atoms. The summed E-state index contributed by atoms with van der Waals surface area (Å²) in [6, 6.07) is 0. The topological polar surface area (TPSA) is 69.6 Å². The molecule has 1 saturated carbocycles. The number of rotatable bonds is 9. The summed E-state index contributed by atoms with van der Waals surface area (Å²) < 4.78 is 0. The van der Waals surface area contributed by atoms with Gasteiger partial charge in [0.2, 0.25) is 0 Å². The summed E-state index contributed by atoms with van der Waals surface area (Å²) in [5, 5.41) is 21.8. The highest BCUT2D eigenvalue weighted by atomic mass is 32.2. The van der Waals surface area contributed by atoms with Crippen LogP contribution in [0.1, 0.15) is 33.1 Å². The smallest absolute Gasteiger partial charge is 0.325 e. The van der Waals surface area contributed by atoms with Crippen LogP contribution in [0, 0.1) is 5.92 Å². The molecule has 0 heterocycles. The van der Waals surface area contributed by atoms with E-state index >= 15 is 0 Å². The third kappa shape index (κ3) is 3.86. The second-order valence-corrected chi connectivity index (χ2v) is 6.21. The van der Waals surface area contributed by atoms with Crippen LogP contribution in [0.15, 0.2) is 0 Å². The summed E-state index contributed by atoms with van der Waals surface area (Å²) in [6.07, 6.45) is 2.93. The minimum atomic E-state index is -0.788. The molecule has 1 rings (SSSR count). The molecule has 0 radical (unpaired) electrons. The van der Waals surface area contributed by atoms with E-state index in [1.54, 1.807) is 0 Å². The molecule has 0 amide bonds. The SMILES string of the molecule is CCCNC(CSC(C)CO)(C(=O)O)C1CC1. The summed E-state index contributed by atoms with van der Waals surface area (Å²) in [4.78, 5) is 11.6. The zero-order valence-electron chi connectivity index (χ0n) is 10.6. The number of aliphatic hydroxyl groups is 1. The van der Waals surface area contributed by atoms with Crippen molar-refractivity contribution in [3.8, 4) is 0 Å². The molecule has 4 nitrogen and oxygen atoms in total. The van der Waals surface area contributed by atoms with Crippen molar-refractivity contribution in [2.24, 2.45) is 5.92 Å². The standard InChI is InChI=1S/C12H23NO3S/c1-3-6-13-12(11(15)16,10-4-5-10)8-17-9(2)7-14/h9-10,13-14H,3-8H2,1-2H3,(H,15,16). The number of aliphatic hydroxyl groups excluding tert-OH is 1. The molecule has 1 aliphatic rings. The average Bonchev–Trinajstić information content (AvgIpc) is 3.13. The number of nitrogens with one attached hydrogen (secondary N) is 1. The lowest BCUT2D eigenvalue weighted by Crippen LogP contribution is -2.56. The first-order valence-corrected chi connectivity index (χ1v) is 7.32. The van der Waals surface area contributed by atoms with Gasteiger partial charge in [-0.1, -0.05) is 13.8 Å². The van der Waals surface area contributed by atoms with E-state index < -0.39 is 11.5 Å². The molecule has 2 unspecified atom stereocenters. The van der Waals surface area contributed by atoms with Crippen molar-refractivity contribution in [1.82, 2.24) is 5.32 Å². The molecular weight excluding hydrogens is 238 g/mol. The van der Waals surface area contributed by atoms with Crippen LogP contribution in [0.3, 0.4) is 0 Å². The summed E-state index contributed by atoms with van der Waals surface area (Å²) in [5.74, 6) is 0.0467. The fourth-order valence-corrected chi connectivity index (χ4v) is 2.99. The Morgan fingerprint density at radius 1 is 1.59 bits per heavy atom. The number of hydrogen-bond donors (Lipinski definition) is 3. The van der Waals surface area contributed by atoms with Crippen molar-refractivity contribution < 1.29 is 15.0 Å². The molecule has 5 heteroatoms. The van der Waals surface area contributed by atoms with Crippen LogP contribution in [0.4, 0.5) is 0 Å². The highest BCUT2D eigenvalue weighted by Gasteiger charge is 2.50. The lowest BCUT2D eigenvalue weighted by atomic mass is 9.95. The lowest BCUT2D eigenvalue weighted by Gasteiger charge is -2.31. The minimum Gasteiger partial charge on any atom is -0.480 e. The average molecular weight is 261 g/mol. The Labute approximate surface area is 107 Å². The fourth-order valence-electron chi connectivity index (χ4n) is 1.88. The van der Waals surface area contributed by atoms with E-state index in [1.807, 2.05) is 13.8 Å². The number of thioether (sulfide) groups is 1. The first-order chi connectivity index (χ1) is 8.06. The molecule has 0 bridgehead atoms. The zero-order valence-corrected chi connectivity index (χ0v) is 11.4. The van der Waals surface area contributed by atoms with Gasteiger partial charge in [0, 0.05) is 11.0 Å². The number of carbonyl (C=O) groups is 1. The molecule has 0 aliphatic heterocycles. The molecule has 17 heavy (non-hydrogen) atoms. The Balaban J connectivity index is 2.64. The predicted octanol–water partition coefficient (Wildman–Crippen LogP) is 1.33. The zero-order chi connectivity index (χ0) is 12.9. The second-order valence-electron chi connectivity index (χ2n) is 4.78. The fraction of sp³-hybridized carbons (Fsp3) is 0.917. The minimum absolute atomic E-state index is 0.0934. The third-order valence-corrected chi connectivity index (χ3v) is 4.54. The third-order valence-electron chi connectivity index (χ3n) is 3.20. The van der Waals surface area contributed by atoms with E-state index in [4.69, 9.17) is 5.11 Å². The van der Waals surface area contributed by atoms with Crippen LogP contribution in [-0.2, 0) is 4.79 Å². The molecular formula is C12H23NO3S. The number of carboxylic acid groups (broad SMARTS) is 1. The first kappa shape index (κ1) is 14.8. The van der Waals surface area contributed by atoms with Crippen LogP contribution in [-0.4, -0.2) is 45.9 Å². The van der Waals surface area contributed by atoms with Gasteiger partial charge in [-0.05, 0) is 31.7 Å². The van der Waals surface area contributed by atoms with E-state index in [0.717, 1.165) is 25.8 Å². The second kappa shape index (κ2) is 6.61. The number of hydrogen-bond acceptors (Lipinski definition) is 4. The van der Waals surface area contributed by atoms with Gasteiger partial charge in [-0.2, -0.15) is 11.8 Å². The molecule has 100 valence electrons. The summed E-state index contributed by atoms with van der Waals surface area (Å²) >= 11 is 1.54. The molecule has 3 N–H and O–H groups in total. The van der Waals surface area contributed by atoms with Crippen molar-refractivity contribution in [2.75, 3.05) is 18.9 Å². The Morgan fingerprint density at radius 2 is 2.24 bits per heavy atom. The van der Waals surface area contributed by atoms with Crippen molar-refractivity contribution in [3.63, 3.8) is 0 Å². The summed E-state index contributed by atoms with van der Waals surface area (Å²) in [5.41, 5.74) is -0.788. The molecule has 1 aliphatic carbocycles. The Hall–Kier alpha value is -0.260. The quantitative estimate of drug-likeness (QED) is 0.584. The van der Waals surface area contributed by atoms with Crippen LogP contribution in [0.25, 0.3) is 0 Å². The molecule has 0 aromatic carbocycles. The van der Waals surface area contributed by atoms with Crippen molar-refractivity contribution in [3.05, 3.63) is 0 Å². The van der Waals surface area contributed by atoms with Gasteiger partial charge in [-0.3, -0.25) is 4.79 Å². The molecule has 0 saturated heterocycles. The molecule has 1 fully saturated rings. The van der Waals surface area contributed by atoms with E-state index in [9.17, 15) is 9.90 Å². The van der Waals surface area contributed by atoms with Gasteiger partial charge in [0.1, 0.15) is 5.54 Å². The van der Waals surface area contributed by atoms with Crippen LogP contribution in [0.5, 0.6) is 0 Å². The van der Waals surface area contributed by atoms with E-state index in [2.05, 4.69) is 5.32 Å². The Morgan fingerprint density at radius 3 is 2.65 bits per heavy atom. The normalized spacial score (nSPS) is 20.9.